The van der Waals surface area contributed by atoms with E-state index in [2.05, 4.69) is 0 Å². The van der Waals surface area contributed by atoms with Gasteiger partial charge in [-0.05, 0) is 17.2 Å². The molecular weight excluding hydrogens is 307 g/mol. The molecule has 0 aliphatic carbocycles. The van der Waals surface area contributed by atoms with Crippen LogP contribution in [0.2, 0.25) is 0 Å². The minimum atomic E-state index is -4.43. The summed E-state index contributed by atoms with van der Waals surface area (Å²) >= 11 is 0. The summed E-state index contributed by atoms with van der Waals surface area (Å²) in [6.07, 6.45) is -3.39. The highest BCUT2D eigenvalue weighted by Gasteiger charge is 2.29. The van der Waals surface area contributed by atoms with Crippen LogP contribution in [0.1, 0.15) is 10.4 Å². The lowest BCUT2D eigenvalue weighted by atomic mass is 10.0. The van der Waals surface area contributed by atoms with Crippen molar-refractivity contribution in [3.63, 3.8) is 0 Å². The summed E-state index contributed by atoms with van der Waals surface area (Å²) in [6, 6.07) is 14.0. The van der Waals surface area contributed by atoms with Crippen molar-refractivity contribution in [2.24, 2.45) is 0 Å². The fourth-order valence-corrected chi connectivity index (χ4v) is 2.60. The average Bonchev–Trinajstić information content (AvgIpc) is 2.84. The molecule has 23 heavy (non-hydrogen) atoms. The predicted octanol–water partition coefficient (Wildman–Crippen LogP) is 4.57. The van der Waals surface area contributed by atoms with Crippen LogP contribution in [0.5, 0.6) is 0 Å². The second kappa shape index (κ2) is 5.46. The number of nitrogens with zero attached hydrogens (tertiary/aromatic N) is 1. The molecule has 0 fully saturated rings. The van der Waals surface area contributed by atoms with Crippen molar-refractivity contribution in [2.45, 2.75) is 12.7 Å². The number of carboxylic acid groups (broad SMARTS) is 1. The van der Waals surface area contributed by atoms with Crippen molar-refractivity contribution in [1.29, 1.82) is 0 Å². The summed E-state index contributed by atoms with van der Waals surface area (Å²) in [6.45, 7) is -1.23. The first kappa shape index (κ1) is 15.1. The van der Waals surface area contributed by atoms with Crippen LogP contribution in [0.4, 0.5) is 13.2 Å². The normalized spacial score (nSPS) is 11.8. The Morgan fingerprint density at radius 3 is 2.35 bits per heavy atom. The zero-order valence-electron chi connectivity index (χ0n) is 11.8. The van der Waals surface area contributed by atoms with Gasteiger partial charge in [0.1, 0.15) is 6.54 Å². The van der Waals surface area contributed by atoms with Crippen molar-refractivity contribution in [3.05, 3.63) is 60.3 Å². The van der Waals surface area contributed by atoms with Gasteiger partial charge in [0.2, 0.25) is 0 Å². The quantitative estimate of drug-likeness (QED) is 0.768. The third-order valence-corrected chi connectivity index (χ3v) is 3.57. The number of hydrogen-bond donors (Lipinski definition) is 1. The highest BCUT2D eigenvalue weighted by atomic mass is 19.4. The summed E-state index contributed by atoms with van der Waals surface area (Å²) in [4.78, 5) is 11.3. The van der Waals surface area contributed by atoms with Crippen LogP contribution >= 0.6 is 0 Å². The molecule has 3 rings (SSSR count). The molecule has 0 unspecified atom stereocenters. The Bertz CT molecular complexity index is 867. The van der Waals surface area contributed by atoms with Gasteiger partial charge < -0.3 is 9.67 Å². The van der Waals surface area contributed by atoms with E-state index in [1.165, 1.54) is 0 Å². The highest BCUT2D eigenvalue weighted by Crippen LogP contribution is 2.30. The minimum Gasteiger partial charge on any atom is -0.478 e. The second-order valence-corrected chi connectivity index (χ2v) is 5.19. The molecule has 3 aromatic rings. The monoisotopic (exact) mass is 319 g/mol. The lowest BCUT2D eigenvalue weighted by molar-refractivity contribution is -0.139. The molecule has 0 amide bonds. The van der Waals surface area contributed by atoms with Gasteiger partial charge in [0.25, 0.3) is 0 Å². The topological polar surface area (TPSA) is 42.2 Å². The Balaban J connectivity index is 2.20. The summed E-state index contributed by atoms with van der Waals surface area (Å²) in [5.41, 5.74) is 1.70. The maximum absolute atomic E-state index is 12.7. The molecule has 0 radical (unpaired) electrons. The van der Waals surface area contributed by atoms with Crippen LogP contribution in [-0.4, -0.2) is 21.8 Å². The Morgan fingerprint density at radius 2 is 1.74 bits per heavy atom. The van der Waals surface area contributed by atoms with Gasteiger partial charge in [0.15, 0.2) is 0 Å². The summed E-state index contributed by atoms with van der Waals surface area (Å²) in [5, 5.41) is 9.48. The minimum absolute atomic E-state index is 0.135. The van der Waals surface area contributed by atoms with Gasteiger partial charge in [-0.15, -0.1) is 0 Å². The van der Waals surface area contributed by atoms with E-state index in [0.717, 1.165) is 21.9 Å². The van der Waals surface area contributed by atoms with Gasteiger partial charge in [-0.1, -0.05) is 42.5 Å². The molecule has 0 aliphatic heterocycles. The van der Waals surface area contributed by atoms with Crippen LogP contribution in [0.25, 0.3) is 22.0 Å². The largest absolute Gasteiger partial charge is 0.478 e. The number of benzene rings is 2. The molecule has 0 atom stereocenters. The van der Waals surface area contributed by atoms with E-state index < -0.39 is 18.7 Å². The third-order valence-electron chi connectivity index (χ3n) is 3.57. The Morgan fingerprint density at radius 1 is 1.04 bits per heavy atom. The average molecular weight is 319 g/mol. The van der Waals surface area contributed by atoms with Crippen molar-refractivity contribution in [2.75, 3.05) is 0 Å². The Hall–Kier alpha value is -2.76. The van der Waals surface area contributed by atoms with Gasteiger partial charge in [-0.25, -0.2) is 4.79 Å². The number of alkyl halides is 3. The first-order valence-corrected chi connectivity index (χ1v) is 6.83. The number of aromatic carboxylic acids is 1. The predicted molar refractivity (Wildman–Crippen MR) is 80.4 cm³/mol. The molecule has 1 N–H and O–H groups in total. The molecular formula is C17H12F3NO2. The van der Waals surface area contributed by atoms with E-state index in [0.29, 0.717) is 5.39 Å². The molecule has 0 spiro atoms. The molecule has 1 heterocycles. The van der Waals surface area contributed by atoms with Gasteiger partial charge in [0, 0.05) is 17.1 Å². The highest BCUT2D eigenvalue weighted by molar-refractivity contribution is 6.04. The van der Waals surface area contributed by atoms with Gasteiger partial charge in [-0.3, -0.25) is 0 Å². The summed E-state index contributed by atoms with van der Waals surface area (Å²) < 4.78 is 39.1. The smallest absolute Gasteiger partial charge is 0.406 e. The summed E-state index contributed by atoms with van der Waals surface area (Å²) in [7, 11) is 0. The molecule has 6 heteroatoms. The molecule has 0 aliphatic rings. The number of rotatable bonds is 3. The van der Waals surface area contributed by atoms with E-state index in [1.54, 1.807) is 18.2 Å². The Labute approximate surface area is 129 Å². The van der Waals surface area contributed by atoms with Crippen molar-refractivity contribution < 1.29 is 23.1 Å². The molecule has 0 saturated heterocycles. The number of aromatic nitrogens is 1. The SMILES string of the molecule is O=C(O)c1cn(CC(F)(F)F)c2cc(-c3ccccc3)ccc12. The van der Waals surface area contributed by atoms with Gasteiger partial charge in [-0.2, -0.15) is 13.2 Å². The lowest BCUT2D eigenvalue weighted by Crippen LogP contribution is -2.16. The van der Waals surface area contributed by atoms with E-state index in [-0.39, 0.29) is 11.1 Å². The number of carboxylic acids is 1. The molecule has 3 nitrogen and oxygen atoms in total. The fraction of sp³-hybridized carbons (Fsp3) is 0.118. The van der Waals surface area contributed by atoms with Crippen molar-refractivity contribution >= 4 is 16.9 Å². The van der Waals surface area contributed by atoms with Crippen LogP contribution < -0.4 is 0 Å². The number of fused-ring (bicyclic) bond motifs is 1. The third kappa shape index (κ3) is 3.06. The second-order valence-electron chi connectivity index (χ2n) is 5.19. The fourth-order valence-electron chi connectivity index (χ4n) is 2.60. The van der Waals surface area contributed by atoms with Crippen LogP contribution in [0.3, 0.4) is 0 Å². The molecule has 1 aromatic heterocycles. The summed E-state index contributed by atoms with van der Waals surface area (Å²) in [5.74, 6) is -1.25. The zero-order chi connectivity index (χ0) is 16.6. The lowest BCUT2D eigenvalue weighted by Gasteiger charge is -2.10. The maximum Gasteiger partial charge on any atom is 0.406 e. The van der Waals surface area contributed by atoms with E-state index in [9.17, 15) is 23.1 Å². The Kier molecular flexibility index (Phi) is 3.60. The van der Waals surface area contributed by atoms with Crippen LogP contribution in [0.15, 0.2) is 54.7 Å². The van der Waals surface area contributed by atoms with E-state index >= 15 is 0 Å². The standard InChI is InChI=1S/C17H12F3NO2/c18-17(19,20)10-21-9-14(16(22)23)13-7-6-12(8-15(13)21)11-4-2-1-3-5-11/h1-9H,10H2,(H,22,23). The maximum atomic E-state index is 12.7. The number of carbonyl (C=O) groups is 1. The molecule has 118 valence electrons. The molecule has 0 bridgehead atoms. The first-order chi connectivity index (χ1) is 10.8. The van der Waals surface area contributed by atoms with E-state index in [4.69, 9.17) is 0 Å². The van der Waals surface area contributed by atoms with E-state index in [1.807, 2.05) is 30.3 Å². The van der Waals surface area contributed by atoms with Crippen molar-refractivity contribution in [1.82, 2.24) is 4.57 Å². The first-order valence-electron chi connectivity index (χ1n) is 6.83. The molecule has 0 saturated carbocycles. The van der Waals surface area contributed by atoms with Crippen LogP contribution in [-0.2, 0) is 6.54 Å². The van der Waals surface area contributed by atoms with Gasteiger partial charge in [0.05, 0.1) is 5.56 Å². The number of halogens is 3. The van der Waals surface area contributed by atoms with Crippen molar-refractivity contribution in [3.8, 4) is 11.1 Å². The van der Waals surface area contributed by atoms with Gasteiger partial charge >= 0.3 is 12.1 Å². The van der Waals surface area contributed by atoms with Crippen LogP contribution in [0, 0.1) is 0 Å². The molecule has 2 aromatic carbocycles. The number of hydrogen-bond acceptors (Lipinski definition) is 1. The zero-order valence-corrected chi connectivity index (χ0v) is 11.8.